The molecule has 2 aromatic carbocycles. The molecular weight excluding hydrogens is 259 g/mol. The summed E-state index contributed by atoms with van der Waals surface area (Å²) in [5.41, 5.74) is 2.77. The van der Waals surface area contributed by atoms with E-state index in [1.54, 1.807) is 18.2 Å². The maximum absolute atomic E-state index is 14.0. The zero-order chi connectivity index (χ0) is 13.8. The molecule has 0 saturated heterocycles. The van der Waals surface area contributed by atoms with Gasteiger partial charge in [0.2, 0.25) is 0 Å². The summed E-state index contributed by atoms with van der Waals surface area (Å²) >= 11 is 0. The third-order valence-corrected chi connectivity index (χ3v) is 4.04. The van der Waals surface area contributed by atoms with Crippen molar-refractivity contribution in [1.82, 2.24) is 0 Å². The van der Waals surface area contributed by atoms with Crippen LogP contribution in [-0.4, -0.2) is 4.21 Å². The van der Waals surface area contributed by atoms with Crippen LogP contribution in [0.4, 0.5) is 4.39 Å². The Kier molecular flexibility index (Phi) is 4.27. The van der Waals surface area contributed by atoms with Crippen LogP contribution >= 0.6 is 0 Å². The SMILES string of the molecule is Cc1ccc([S@](=O)/C(F)=C\c2ccccc2C)cc1. The summed E-state index contributed by atoms with van der Waals surface area (Å²) in [5.74, 6) is 0. The molecule has 3 heteroatoms. The highest BCUT2D eigenvalue weighted by Crippen LogP contribution is 2.20. The van der Waals surface area contributed by atoms with E-state index in [1.165, 1.54) is 6.08 Å². The average molecular weight is 274 g/mol. The standard InChI is InChI=1S/C16H15FOS/c1-12-7-9-15(10-8-12)19(18)16(17)11-14-6-4-3-5-13(14)2/h3-11H,1-2H3/b16-11-/t19-/m0/s1. The van der Waals surface area contributed by atoms with Gasteiger partial charge in [-0.25, -0.2) is 4.21 Å². The monoisotopic (exact) mass is 274 g/mol. The van der Waals surface area contributed by atoms with E-state index in [9.17, 15) is 8.60 Å². The van der Waals surface area contributed by atoms with Crippen molar-refractivity contribution in [3.8, 4) is 0 Å². The average Bonchev–Trinajstić information content (AvgIpc) is 2.41. The van der Waals surface area contributed by atoms with Crippen molar-refractivity contribution in [2.75, 3.05) is 0 Å². The van der Waals surface area contributed by atoms with E-state index in [4.69, 9.17) is 0 Å². The third kappa shape index (κ3) is 3.38. The van der Waals surface area contributed by atoms with Gasteiger partial charge in [0, 0.05) is 4.90 Å². The minimum Gasteiger partial charge on any atom is -0.247 e. The van der Waals surface area contributed by atoms with Crippen molar-refractivity contribution in [2.45, 2.75) is 18.7 Å². The van der Waals surface area contributed by atoms with Crippen molar-refractivity contribution in [3.05, 3.63) is 70.4 Å². The van der Waals surface area contributed by atoms with Crippen LogP contribution in [0.15, 0.2) is 58.6 Å². The van der Waals surface area contributed by atoms with Crippen LogP contribution in [-0.2, 0) is 10.8 Å². The molecule has 0 aliphatic rings. The Morgan fingerprint density at radius 1 is 1.05 bits per heavy atom. The summed E-state index contributed by atoms with van der Waals surface area (Å²) in [5, 5.41) is -0.627. The highest BCUT2D eigenvalue weighted by molar-refractivity contribution is 7.89. The predicted octanol–water partition coefficient (Wildman–Crippen LogP) is 4.38. The number of halogens is 1. The van der Waals surface area contributed by atoms with Gasteiger partial charge in [0.05, 0.1) is 0 Å². The van der Waals surface area contributed by atoms with Gasteiger partial charge in [-0.05, 0) is 43.2 Å². The van der Waals surface area contributed by atoms with Crippen LogP contribution in [0, 0.1) is 13.8 Å². The van der Waals surface area contributed by atoms with E-state index in [-0.39, 0.29) is 0 Å². The highest BCUT2D eigenvalue weighted by atomic mass is 32.2. The van der Waals surface area contributed by atoms with Crippen LogP contribution < -0.4 is 0 Å². The zero-order valence-electron chi connectivity index (χ0n) is 10.9. The molecule has 0 heterocycles. The Balaban J connectivity index is 2.29. The highest BCUT2D eigenvalue weighted by Gasteiger charge is 2.10. The second-order valence-corrected chi connectivity index (χ2v) is 5.79. The smallest absolute Gasteiger partial charge is 0.192 e. The fourth-order valence-corrected chi connectivity index (χ4v) is 2.54. The summed E-state index contributed by atoms with van der Waals surface area (Å²) in [4.78, 5) is 0.480. The first kappa shape index (κ1) is 13.7. The molecule has 98 valence electrons. The lowest BCUT2D eigenvalue weighted by Crippen LogP contribution is -1.92. The number of hydrogen-bond donors (Lipinski definition) is 0. The zero-order valence-corrected chi connectivity index (χ0v) is 11.7. The van der Waals surface area contributed by atoms with Gasteiger partial charge in [0.1, 0.15) is 10.8 Å². The van der Waals surface area contributed by atoms with Crippen molar-refractivity contribution in [2.24, 2.45) is 0 Å². The van der Waals surface area contributed by atoms with Crippen LogP contribution in [0.3, 0.4) is 0 Å². The van der Waals surface area contributed by atoms with E-state index >= 15 is 0 Å². The number of hydrogen-bond acceptors (Lipinski definition) is 1. The summed E-state index contributed by atoms with van der Waals surface area (Å²) in [6.45, 7) is 3.83. The molecule has 0 amide bonds. The lowest BCUT2D eigenvalue weighted by molar-refractivity contribution is 0.653. The lowest BCUT2D eigenvalue weighted by Gasteiger charge is -2.02. The summed E-state index contributed by atoms with van der Waals surface area (Å²) in [6.07, 6.45) is 1.34. The van der Waals surface area contributed by atoms with Gasteiger partial charge in [-0.1, -0.05) is 42.0 Å². The van der Waals surface area contributed by atoms with Crippen LogP contribution in [0.2, 0.25) is 0 Å². The molecule has 1 atom stereocenters. The maximum Gasteiger partial charge on any atom is 0.192 e. The number of rotatable bonds is 3. The quantitative estimate of drug-likeness (QED) is 0.811. The molecule has 0 radical (unpaired) electrons. The Morgan fingerprint density at radius 2 is 1.68 bits per heavy atom. The van der Waals surface area contributed by atoms with Crippen molar-refractivity contribution in [1.29, 1.82) is 0 Å². The minimum absolute atomic E-state index is 0.480. The van der Waals surface area contributed by atoms with Gasteiger partial charge in [-0.15, -0.1) is 0 Å². The Morgan fingerprint density at radius 3 is 2.32 bits per heavy atom. The summed E-state index contributed by atoms with van der Waals surface area (Å²) < 4.78 is 26.0. The Labute approximate surface area is 115 Å². The number of benzene rings is 2. The molecule has 0 saturated carbocycles. The van der Waals surface area contributed by atoms with Crippen LogP contribution in [0.25, 0.3) is 6.08 Å². The molecule has 0 unspecified atom stereocenters. The Hall–Kier alpha value is -1.74. The number of aryl methyl sites for hydroxylation is 2. The van der Waals surface area contributed by atoms with Crippen LogP contribution in [0.5, 0.6) is 0 Å². The van der Waals surface area contributed by atoms with Crippen LogP contribution in [0.1, 0.15) is 16.7 Å². The van der Waals surface area contributed by atoms with Gasteiger partial charge < -0.3 is 0 Å². The van der Waals surface area contributed by atoms with Gasteiger partial charge in [-0.2, -0.15) is 4.39 Å². The first-order chi connectivity index (χ1) is 9.08. The second kappa shape index (κ2) is 5.93. The molecule has 19 heavy (non-hydrogen) atoms. The third-order valence-electron chi connectivity index (χ3n) is 2.87. The summed E-state index contributed by atoms with van der Waals surface area (Å²) in [6, 6.07) is 14.5. The van der Waals surface area contributed by atoms with Gasteiger partial charge in [0.15, 0.2) is 5.16 Å². The molecule has 2 aromatic rings. The van der Waals surface area contributed by atoms with E-state index < -0.39 is 16.0 Å². The summed E-state index contributed by atoms with van der Waals surface area (Å²) in [7, 11) is -1.75. The fourth-order valence-electron chi connectivity index (χ4n) is 1.70. The lowest BCUT2D eigenvalue weighted by atomic mass is 10.1. The first-order valence-electron chi connectivity index (χ1n) is 5.99. The van der Waals surface area contributed by atoms with E-state index in [0.29, 0.717) is 4.90 Å². The normalized spacial score (nSPS) is 13.3. The molecule has 0 N–H and O–H groups in total. The Bertz CT molecular complexity index is 629. The molecule has 0 fully saturated rings. The molecule has 0 bridgehead atoms. The molecule has 0 aliphatic heterocycles. The molecular formula is C16H15FOS. The molecule has 0 aromatic heterocycles. The molecule has 1 nitrogen and oxygen atoms in total. The van der Waals surface area contributed by atoms with E-state index in [1.807, 2.05) is 44.2 Å². The largest absolute Gasteiger partial charge is 0.247 e. The predicted molar refractivity (Wildman–Crippen MR) is 77.9 cm³/mol. The van der Waals surface area contributed by atoms with E-state index in [0.717, 1.165) is 16.7 Å². The van der Waals surface area contributed by atoms with Gasteiger partial charge >= 0.3 is 0 Å². The van der Waals surface area contributed by atoms with E-state index in [2.05, 4.69) is 0 Å². The minimum atomic E-state index is -1.75. The first-order valence-corrected chi connectivity index (χ1v) is 7.14. The topological polar surface area (TPSA) is 17.1 Å². The fraction of sp³-hybridized carbons (Fsp3) is 0.125. The molecule has 2 rings (SSSR count). The second-order valence-electron chi connectivity index (χ2n) is 4.39. The van der Waals surface area contributed by atoms with Crippen molar-refractivity contribution in [3.63, 3.8) is 0 Å². The van der Waals surface area contributed by atoms with Gasteiger partial charge in [-0.3, -0.25) is 0 Å². The van der Waals surface area contributed by atoms with Crippen molar-refractivity contribution < 1.29 is 8.60 Å². The van der Waals surface area contributed by atoms with Gasteiger partial charge in [0.25, 0.3) is 0 Å². The van der Waals surface area contributed by atoms with Crippen molar-refractivity contribution >= 4 is 16.9 Å². The maximum atomic E-state index is 14.0. The molecule has 0 aliphatic carbocycles. The molecule has 0 spiro atoms.